The summed E-state index contributed by atoms with van der Waals surface area (Å²) < 4.78 is 5.47. The van der Waals surface area contributed by atoms with Gasteiger partial charge in [-0.05, 0) is 83.5 Å². The summed E-state index contributed by atoms with van der Waals surface area (Å²) in [5.41, 5.74) is 0. The highest BCUT2D eigenvalue weighted by molar-refractivity contribution is 5.76. The zero-order valence-corrected chi connectivity index (χ0v) is 49.4. The van der Waals surface area contributed by atoms with Crippen molar-refractivity contribution >= 4 is 11.9 Å². The summed E-state index contributed by atoms with van der Waals surface area (Å²) >= 11 is 0. The molecule has 0 radical (unpaired) electrons. The Labute approximate surface area is 456 Å². The number of ether oxygens (including phenoxy) is 1. The highest BCUT2D eigenvalue weighted by atomic mass is 16.5. The number of carbonyl (C=O) groups is 2. The van der Waals surface area contributed by atoms with E-state index in [9.17, 15) is 19.8 Å². The van der Waals surface area contributed by atoms with Gasteiger partial charge >= 0.3 is 5.97 Å². The van der Waals surface area contributed by atoms with E-state index in [1.807, 2.05) is 0 Å². The lowest BCUT2D eigenvalue weighted by Gasteiger charge is -2.22. The maximum atomic E-state index is 12.5. The quantitative estimate of drug-likeness (QED) is 0.0320. The molecule has 3 N–H and O–H groups in total. The topological polar surface area (TPSA) is 95.9 Å². The van der Waals surface area contributed by atoms with Crippen molar-refractivity contribution in [1.29, 1.82) is 0 Å². The number of carbonyl (C=O) groups excluding carboxylic acids is 2. The molecule has 6 heteroatoms. The molecular weight excluding hydrogens is 899 g/mol. The van der Waals surface area contributed by atoms with Crippen LogP contribution in [0.5, 0.6) is 0 Å². The molecule has 0 rings (SSSR count). The first-order valence-electron chi connectivity index (χ1n) is 33.1. The van der Waals surface area contributed by atoms with Gasteiger partial charge in [-0.25, -0.2) is 0 Å². The van der Waals surface area contributed by atoms with Crippen molar-refractivity contribution in [1.82, 2.24) is 5.32 Å². The molecule has 0 bridgehead atoms. The lowest BCUT2D eigenvalue weighted by molar-refractivity contribution is -0.143. The van der Waals surface area contributed by atoms with E-state index >= 15 is 0 Å². The molecule has 2 unspecified atom stereocenters. The largest absolute Gasteiger partial charge is 0.466 e. The van der Waals surface area contributed by atoms with Crippen LogP contribution in [-0.2, 0) is 14.3 Å². The summed E-state index contributed by atoms with van der Waals surface area (Å²) in [6, 6.07) is -0.562. The molecule has 0 aliphatic carbocycles. The van der Waals surface area contributed by atoms with Crippen LogP contribution in [0.25, 0.3) is 0 Å². The molecule has 2 atom stereocenters. The van der Waals surface area contributed by atoms with Gasteiger partial charge in [0.05, 0.1) is 25.4 Å². The zero-order valence-electron chi connectivity index (χ0n) is 49.4. The average molecular weight is 1030 g/mol. The molecule has 0 saturated carbocycles. The van der Waals surface area contributed by atoms with Gasteiger partial charge < -0.3 is 20.3 Å². The van der Waals surface area contributed by atoms with Crippen molar-refractivity contribution in [3.63, 3.8) is 0 Å². The second kappa shape index (κ2) is 62.9. The third-order valence-electron chi connectivity index (χ3n) is 15.5. The Morgan fingerprint density at radius 2 is 0.644 bits per heavy atom. The molecule has 1 amide bonds. The van der Waals surface area contributed by atoms with Crippen molar-refractivity contribution in [2.45, 2.75) is 379 Å². The predicted octanol–water partition coefficient (Wildman–Crippen LogP) is 21.0. The van der Waals surface area contributed by atoms with Gasteiger partial charge in [0.2, 0.25) is 5.91 Å². The minimum absolute atomic E-state index is 0.0218. The van der Waals surface area contributed by atoms with E-state index in [2.05, 4.69) is 43.5 Å². The van der Waals surface area contributed by atoms with Gasteiger partial charge in [-0.1, -0.05) is 295 Å². The highest BCUT2D eigenvalue weighted by Gasteiger charge is 2.20. The van der Waals surface area contributed by atoms with Gasteiger partial charge in [-0.15, -0.1) is 0 Å². The van der Waals surface area contributed by atoms with Gasteiger partial charge in [0.1, 0.15) is 0 Å². The van der Waals surface area contributed by atoms with Crippen molar-refractivity contribution in [2.24, 2.45) is 0 Å². The molecule has 0 spiro atoms. The SMILES string of the molecule is CCCCCCCC/C=C\CCCCCCCCCCCC(=O)OCCCCC/C=C\CCCCCCCC(=O)NC(CO)C(O)CCCCCCCCCCCCCCCCCCCCCCCCCCC. The van der Waals surface area contributed by atoms with Gasteiger partial charge in [0.15, 0.2) is 0 Å². The standard InChI is InChI=1S/C67H129NO5/c1-3-5-7-9-11-13-15-17-19-21-23-24-25-26-27-28-30-31-33-35-39-43-47-51-55-59-65(70)64(63-69)68-66(71)60-56-52-48-44-40-37-38-42-46-50-54-58-62-73-67(72)61-57-53-49-45-41-36-34-32-29-22-20-18-16-14-12-10-8-6-4-2/h18,20,38,42,64-65,69-70H,3-17,19,21-37,39-41,43-63H2,1-2H3,(H,68,71)/b20-18-,42-38-. The molecule has 73 heavy (non-hydrogen) atoms. The lowest BCUT2D eigenvalue weighted by atomic mass is 10.0. The van der Waals surface area contributed by atoms with Crippen LogP contribution in [0.15, 0.2) is 24.3 Å². The Bertz CT molecular complexity index is 1140. The van der Waals surface area contributed by atoms with E-state index in [-0.39, 0.29) is 18.5 Å². The number of esters is 1. The lowest BCUT2D eigenvalue weighted by Crippen LogP contribution is -2.45. The van der Waals surface area contributed by atoms with Crippen LogP contribution in [0.3, 0.4) is 0 Å². The molecule has 0 aromatic heterocycles. The number of hydrogen-bond donors (Lipinski definition) is 3. The fourth-order valence-corrected chi connectivity index (χ4v) is 10.4. The number of aliphatic hydroxyl groups excluding tert-OH is 2. The molecule has 0 saturated heterocycles. The Morgan fingerprint density at radius 1 is 0.370 bits per heavy atom. The molecular formula is C67H129NO5. The van der Waals surface area contributed by atoms with Crippen LogP contribution in [0.4, 0.5) is 0 Å². The number of amides is 1. The van der Waals surface area contributed by atoms with Crippen LogP contribution >= 0.6 is 0 Å². The number of hydrogen-bond acceptors (Lipinski definition) is 5. The van der Waals surface area contributed by atoms with Crippen LogP contribution in [0, 0.1) is 0 Å². The summed E-state index contributed by atoms with van der Waals surface area (Å²) in [5.74, 6) is -0.0785. The van der Waals surface area contributed by atoms with E-state index in [0.29, 0.717) is 25.9 Å². The third kappa shape index (κ3) is 59.4. The summed E-state index contributed by atoms with van der Waals surface area (Å²) in [4.78, 5) is 24.6. The fourth-order valence-electron chi connectivity index (χ4n) is 10.4. The maximum absolute atomic E-state index is 12.5. The Kier molecular flexibility index (Phi) is 61.4. The third-order valence-corrected chi connectivity index (χ3v) is 15.5. The van der Waals surface area contributed by atoms with Crippen LogP contribution < -0.4 is 5.32 Å². The molecule has 0 aliphatic rings. The van der Waals surface area contributed by atoms with Crippen molar-refractivity contribution in [3.8, 4) is 0 Å². The minimum Gasteiger partial charge on any atom is -0.466 e. The monoisotopic (exact) mass is 1030 g/mol. The first-order chi connectivity index (χ1) is 36.0. The van der Waals surface area contributed by atoms with E-state index in [1.165, 1.54) is 257 Å². The van der Waals surface area contributed by atoms with Gasteiger partial charge in [0.25, 0.3) is 0 Å². The number of aliphatic hydroxyl groups is 2. The summed E-state index contributed by atoms with van der Waals surface area (Å²) in [6.07, 6.45) is 77.7. The average Bonchev–Trinajstić information content (AvgIpc) is 3.39. The second-order valence-electron chi connectivity index (χ2n) is 22.8. The number of unbranched alkanes of at least 4 members (excludes halogenated alkanes) is 47. The van der Waals surface area contributed by atoms with Crippen LogP contribution in [0.2, 0.25) is 0 Å². The summed E-state index contributed by atoms with van der Waals surface area (Å²) in [5, 5.41) is 23.4. The maximum Gasteiger partial charge on any atom is 0.305 e. The number of nitrogens with one attached hydrogen (secondary N) is 1. The minimum atomic E-state index is -0.682. The first kappa shape index (κ1) is 71.3. The summed E-state index contributed by atoms with van der Waals surface area (Å²) in [7, 11) is 0. The molecule has 0 aromatic rings. The van der Waals surface area contributed by atoms with Crippen LogP contribution in [0.1, 0.15) is 367 Å². The van der Waals surface area contributed by atoms with E-state index in [4.69, 9.17) is 4.74 Å². The van der Waals surface area contributed by atoms with Crippen molar-refractivity contribution in [3.05, 3.63) is 24.3 Å². The molecule has 6 nitrogen and oxygen atoms in total. The molecule has 0 aliphatic heterocycles. The van der Waals surface area contributed by atoms with Gasteiger partial charge in [-0.2, -0.15) is 0 Å². The fraction of sp³-hybridized carbons (Fsp3) is 0.910. The Balaban J connectivity index is 3.46. The molecule has 0 heterocycles. The van der Waals surface area contributed by atoms with Gasteiger partial charge in [0, 0.05) is 12.8 Å². The number of allylic oxidation sites excluding steroid dienone is 4. The van der Waals surface area contributed by atoms with Crippen LogP contribution in [-0.4, -0.2) is 47.4 Å². The number of rotatable bonds is 62. The molecule has 0 fully saturated rings. The predicted molar refractivity (Wildman–Crippen MR) is 320 cm³/mol. The van der Waals surface area contributed by atoms with E-state index in [0.717, 1.165) is 77.0 Å². The Hall–Kier alpha value is -1.66. The highest BCUT2D eigenvalue weighted by Crippen LogP contribution is 2.18. The zero-order chi connectivity index (χ0) is 52.9. The van der Waals surface area contributed by atoms with E-state index in [1.54, 1.807) is 0 Å². The molecule has 432 valence electrons. The molecule has 0 aromatic carbocycles. The van der Waals surface area contributed by atoms with Crippen molar-refractivity contribution < 1.29 is 24.5 Å². The van der Waals surface area contributed by atoms with Gasteiger partial charge in [-0.3, -0.25) is 9.59 Å². The smallest absolute Gasteiger partial charge is 0.305 e. The Morgan fingerprint density at radius 3 is 0.973 bits per heavy atom. The normalized spacial score (nSPS) is 12.7. The second-order valence-corrected chi connectivity index (χ2v) is 22.8. The first-order valence-corrected chi connectivity index (χ1v) is 33.1. The summed E-state index contributed by atoms with van der Waals surface area (Å²) in [6.45, 7) is 4.92. The van der Waals surface area contributed by atoms with E-state index < -0.39 is 12.1 Å². The van der Waals surface area contributed by atoms with Crippen molar-refractivity contribution in [2.75, 3.05) is 13.2 Å².